The zero-order valence-corrected chi connectivity index (χ0v) is 8.09. The average Bonchev–Trinajstić information content (AvgIpc) is 2.60. The van der Waals surface area contributed by atoms with Gasteiger partial charge in [0.15, 0.2) is 6.04 Å². The first-order valence-electron chi connectivity index (χ1n) is 4.61. The van der Waals surface area contributed by atoms with Gasteiger partial charge in [-0.25, -0.2) is 9.59 Å². The predicted molar refractivity (Wildman–Crippen MR) is 49.2 cm³/mol. The Morgan fingerprint density at radius 3 is 2.60 bits per heavy atom. The lowest BCUT2D eigenvalue weighted by atomic mass is 10.3. The van der Waals surface area contributed by atoms with Crippen molar-refractivity contribution in [2.45, 2.75) is 18.6 Å². The number of carbonyl (C=O) groups excluding carboxylic acids is 1. The van der Waals surface area contributed by atoms with Gasteiger partial charge in [-0.15, -0.1) is 0 Å². The summed E-state index contributed by atoms with van der Waals surface area (Å²) in [6.45, 7) is -0.0637. The van der Waals surface area contributed by atoms with Crippen LogP contribution in [0.4, 0.5) is 4.79 Å². The molecule has 0 aliphatic carbocycles. The summed E-state index contributed by atoms with van der Waals surface area (Å²) in [5.41, 5.74) is 0. The van der Waals surface area contributed by atoms with Crippen LogP contribution in [0.1, 0.15) is 6.42 Å². The minimum absolute atomic E-state index is 0.198. The van der Waals surface area contributed by atoms with E-state index in [1.165, 1.54) is 4.90 Å². The van der Waals surface area contributed by atoms with Crippen molar-refractivity contribution in [3.63, 3.8) is 0 Å². The number of aliphatic carboxylic acids is 1. The van der Waals surface area contributed by atoms with Gasteiger partial charge >= 0.3 is 12.0 Å². The van der Waals surface area contributed by atoms with E-state index in [1.807, 2.05) is 0 Å². The van der Waals surface area contributed by atoms with Crippen LogP contribution in [0.2, 0.25) is 0 Å². The maximum Gasteiger partial charge on any atom is 0.328 e. The number of hydrogen-bond donors (Lipinski definition) is 4. The molecule has 0 bridgehead atoms. The lowest BCUT2D eigenvalue weighted by molar-refractivity contribution is -0.140. The molecule has 2 atom stereocenters. The maximum absolute atomic E-state index is 11.4. The summed E-state index contributed by atoms with van der Waals surface area (Å²) < 4.78 is 0. The van der Waals surface area contributed by atoms with Crippen molar-refractivity contribution in [3.8, 4) is 0 Å². The summed E-state index contributed by atoms with van der Waals surface area (Å²) in [7, 11) is 0. The maximum atomic E-state index is 11.4. The van der Waals surface area contributed by atoms with E-state index in [0.29, 0.717) is 13.0 Å². The molecule has 1 fully saturated rings. The summed E-state index contributed by atoms with van der Waals surface area (Å²) in [5, 5.41) is 28.6. The number of carbonyl (C=O) groups is 2. The molecule has 1 aliphatic heterocycles. The van der Waals surface area contributed by atoms with Crippen molar-refractivity contribution >= 4 is 12.0 Å². The quantitative estimate of drug-likeness (QED) is 0.447. The topological polar surface area (TPSA) is 110 Å². The number of aliphatic hydroxyl groups excluding tert-OH is 2. The number of nitrogens with zero attached hydrogens (tertiary/aromatic N) is 1. The molecule has 15 heavy (non-hydrogen) atoms. The number of likely N-dealkylation sites (tertiary alicyclic amines) is 1. The van der Waals surface area contributed by atoms with Gasteiger partial charge in [0.2, 0.25) is 0 Å². The second-order valence-electron chi connectivity index (χ2n) is 3.41. The average molecular weight is 218 g/mol. The first kappa shape index (κ1) is 11.7. The van der Waals surface area contributed by atoms with Crippen molar-refractivity contribution in [1.29, 1.82) is 0 Å². The van der Waals surface area contributed by atoms with Crippen LogP contribution in [-0.4, -0.2) is 64.1 Å². The molecule has 2 amide bonds. The minimum Gasteiger partial charge on any atom is -0.480 e. The van der Waals surface area contributed by atoms with Gasteiger partial charge in [-0.2, -0.15) is 0 Å². The number of carboxylic acids is 1. The van der Waals surface area contributed by atoms with E-state index in [-0.39, 0.29) is 6.54 Å². The van der Waals surface area contributed by atoms with Crippen LogP contribution in [-0.2, 0) is 4.79 Å². The van der Waals surface area contributed by atoms with E-state index in [4.69, 9.17) is 15.3 Å². The van der Waals surface area contributed by atoms with E-state index >= 15 is 0 Å². The molecule has 1 heterocycles. The monoisotopic (exact) mass is 218 g/mol. The smallest absolute Gasteiger partial charge is 0.328 e. The van der Waals surface area contributed by atoms with Crippen LogP contribution in [0.25, 0.3) is 0 Å². The van der Waals surface area contributed by atoms with E-state index < -0.39 is 30.8 Å². The number of rotatable bonds is 3. The van der Waals surface area contributed by atoms with Gasteiger partial charge in [0, 0.05) is 13.1 Å². The van der Waals surface area contributed by atoms with E-state index in [2.05, 4.69) is 5.32 Å². The summed E-state index contributed by atoms with van der Waals surface area (Å²) in [6, 6.07) is -1.87. The Hall–Kier alpha value is -1.34. The Labute approximate surface area is 86.3 Å². The fourth-order valence-electron chi connectivity index (χ4n) is 1.35. The van der Waals surface area contributed by atoms with Crippen LogP contribution in [0.3, 0.4) is 0 Å². The molecule has 1 saturated heterocycles. The second kappa shape index (κ2) is 4.94. The van der Waals surface area contributed by atoms with Crippen LogP contribution in [0.15, 0.2) is 0 Å². The van der Waals surface area contributed by atoms with Crippen LogP contribution in [0.5, 0.6) is 0 Å². The molecule has 2 unspecified atom stereocenters. The van der Waals surface area contributed by atoms with Gasteiger partial charge < -0.3 is 25.5 Å². The van der Waals surface area contributed by atoms with Crippen molar-refractivity contribution in [2.24, 2.45) is 0 Å². The number of urea groups is 1. The lowest BCUT2D eigenvalue weighted by Crippen LogP contribution is -2.49. The number of carboxylic acid groups (broad SMARTS) is 1. The number of β-amino-alcohol motifs (C(OH)–C–C–N with tert-alkyl or cyclic N) is 1. The molecule has 7 nitrogen and oxygen atoms in total. The highest BCUT2D eigenvalue weighted by atomic mass is 16.4. The minimum atomic E-state index is -1.30. The molecule has 0 radical (unpaired) electrons. The Bertz CT molecular complexity index is 257. The summed E-state index contributed by atoms with van der Waals surface area (Å²) >= 11 is 0. The SMILES string of the molecule is O=C(O)C(CO)NC(=O)N1CCC(O)C1. The molecular formula is C8H14N2O5. The lowest BCUT2D eigenvalue weighted by Gasteiger charge is -2.19. The van der Waals surface area contributed by atoms with Crippen molar-refractivity contribution < 1.29 is 24.9 Å². The normalized spacial score (nSPS) is 22.5. The highest BCUT2D eigenvalue weighted by Crippen LogP contribution is 2.08. The van der Waals surface area contributed by atoms with Crippen molar-refractivity contribution in [3.05, 3.63) is 0 Å². The third-order valence-electron chi connectivity index (χ3n) is 2.23. The van der Waals surface area contributed by atoms with Gasteiger partial charge in [-0.3, -0.25) is 0 Å². The largest absolute Gasteiger partial charge is 0.480 e. The third-order valence-corrected chi connectivity index (χ3v) is 2.23. The molecule has 1 aliphatic rings. The molecule has 0 aromatic heterocycles. The number of amides is 2. The van der Waals surface area contributed by atoms with Crippen LogP contribution < -0.4 is 5.32 Å². The first-order valence-corrected chi connectivity index (χ1v) is 4.61. The molecule has 0 aromatic carbocycles. The predicted octanol–water partition coefficient (Wildman–Crippen LogP) is -1.79. The van der Waals surface area contributed by atoms with Gasteiger partial charge in [0.25, 0.3) is 0 Å². The standard InChI is InChI=1S/C8H14N2O5/c11-4-6(7(13)14)9-8(15)10-2-1-5(12)3-10/h5-6,11-12H,1-4H2,(H,9,15)(H,13,14). The fraction of sp³-hybridized carbons (Fsp3) is 0.750. The number of aliphatic hydroxyl groups is 2. The van der Waals surface area contributed by atoms with Crippen LogP contribution >= 0.6 is 0 Å². The van der Waals surface area contributed by atoms with Gasteiger partial charge in [0.05, 0.1) is 12.7 Å². The summed E-state index contributed by atoms with van der Waals surface area (Å²) in [6.07, 6.45) is -0.0576. The van der Waals surface area contributed by atoms with Gasteiger partial charge in [-0.05, 0) is 6.42 Å². The van der Waals surface area contributed by atoms with Crippen molar-refractivity contribution in [1.82, 2.24) is 10.2 Å². The zero-order chi connectivity index (χ0) is 11.4. The van der Waals surface area contributed by atoms with Crippen molar-refractivity contribution in [2.75, 3.05) is 19.7 Å². The fourth-order valence-corrected chi connectivity index (χ4v) is 1.35. The molecular weight excluding hydrogens is 204 g/mol. The first-order chi connectivity index (χ1) is 7.04. The molecule has 0 spiro atoms. The van der Waals surface area contributed by atoms with Gasteiger partial charge in [0.1, 0.15) is 0 Å². The highest BCUT2D eigenvalue weighted by Gasteiger charge is 2.27. The van der Waals surface area contributed by atoms with Crippen LogP contribution in [0, 0.1) is 0 Å². The molecule has 0 aromatic rings. The third kappa shape index (κ3) is 3.07. The Kier molecular flexibility index (Phi) is 3.87. The van der Waals surface area contributed by atoms with E-state index in [1.54, 1.807) is 0 Å². The zero-order valence-electron chi connectivity index (χ0n) is 8.09. The Balaban J connectivity index is 2.44. The Morgan fingerprint density at radius 1 is 1.53 bits per heavy atom. The summed E-state index contributed by atoms with van der Waals surface area (Å²) in [4.78, 5) is 23.2. The Morgan fingerprint density at radius 2 is 2.20 bits per heavy atom. The van der Waals surface area contributed by atoms with E-state index in [9.17, 15) is 9.59 Å². The number of nitrogens with one attached hydrogen (secondary N) is 1. The molecule has 4 N–H and O–H groups in total. The summed E-state index contributed by atoms with van der Waals surface area (Å²) in [5.74, 6) is -1.29. The highest BCUT2D eigenvalue weighted by molar-refractivity contribution is 5.82. The number of hydrogen-bond acceptors (Lipinski definition) is 4. The molecule has 0 saturated carbocycles. The molecule has 7 heteroatoms. The van der Waals surface area contributed by atoms with Gasteiger partial charge in [-0.1, -0.05) is 0 Å². The molecule has 1 rings (SSSR count). The second-order valence-corrected chi connectivity index (χ2v) is 3.41. The van der Waals surface area contributed by atoms with E-state index in [0.717, 1.165) is 0 Å². The molecule has 86 valence electrons.